The Hall–Kier alpha value is -1.76. The van der Waals surface area contributed by atoms with Crippen LogP contribution >= 0.6 is 22.6 Å². The lowest BCUT2D eigenvalue weighted by Crippen LogP contribution is -2.15. The molecule has 3 rings (SSSR count). The van der Waals surface area contributed by atoms with Crippen LogP contribution in [-0.4, -0.2) is 18.1 Å². The Morgan fingerprint density at radius 3 is 2.60 bits per heavy atom. The molecule has 0 bridgehead atoms. The van der Waals surface area contributed by atoms with Crippen molar-refractivity contribution in [1.82, 2.24) is 0 Å². The molecule has 20 heavy (non-hydrogen) atoms. The topological polar surface area (TPSA) is 50.7 Å². The van der Waals surface area contributed by atoms with Crippen molar-refractivity contribution in [1.29, 1.82) is 0 Å². The van der Waals surface area contributed by atoms with Gasteiger partial charge < -0.3 is 5.73 Å². The summed E-state index contributed by atoms with van der Waals surface area (Å²) in [5.74, 6) is 0.137. The molecule has 0 fully saturated rings. The normalized spacial score (nSPS) is 14.1. The standard InChI is InChI=1S/C15H11FIN3/c16-11-6-2-1-4-9(11)14-10-5-3-7-12(17)15(10)20-13(18)8-19-14/h1-7H,8H2,(H2,18,20). The molecule has 2 N–H and O–H groups in total. The third kappa shape index (κ3) is 2.33. The van der Waals surface area contributed by atoms with E-state index in [1.54, 1.807) is 18.2 Å². The van der Waals surface area contributed by atoms with Crippen molar-refractivity contribution in [3.05, 3.63) is 63.0 Å². The Bertz CT molecular complexity index is 738. The molecule has 1 aliphatic heterocycles. The van der Waals surface area contributed by atoms with Gasteiger partial charge in [0.05, 0.1) is 17.9 Å². The molecule has 2 aromatic carbocycles. The van der Waals surface area contributed by atoms with Crippen LogP contribution in [0, 0.1) is 9.39 Å². The molecule has 1 heterocycles. The Morgan fingerprint density at radius 1 is 1.05 bits per heavy atom. The highest BCUT2D eigenvalue weighted by atomic mass is 127. The largest absolute Gasteiger partial charge is 0.386 e. The minimum Gasteiger partial charge on any atom is -0.386 e. The van der Waals surface area contributed by atoms with E-state index in [1.807, 2.05) is 18.2 Å². The van der Waals surface area contributed by atoms with E-state index in [4.69, 9.17) is 5.73 Å². The summed E-state index contributed by atoms with van der Waals surface area (Å²) in [5.41, 5.74) is 8.48. The first kappa shape index (κ1) is 13.2. The van der Waals surface area contributed by atoms with Gasteiger partial charge in [-0.1, -0.05) is 24.3 Å². The summed E-state index contributed by atoms with van der Waals surface area (Å²) >= 11 is 2.20. The molecule has 0 unspecified atom stereocenters. The number of hydrogen-bond acceptors (Lipinski definition) is 3. The Kier molecular flexibility index (Phi) is 3.52. The maximum absolute atomic E-state index is 14.0. The van der Waals surface area contributed by atoms with Crippen LogP contribution in [-0.2, 0) is 0 Å². The Balaban J connectivity index is 2.26. The SMILES string of the molecule is NC1=Nc2c(I)cccc2C(c2ccccc2F)=NC1. The van der Waals surface area contributed by atoms with Crippen molar-refractivity contribution in [3.8, 4) is 0 Å². The Labute approximate surface area is 129 Å². The van der Waals surface area contributed by atoms with Crippen molar-refractivity contribution in [2.75, 3.05) is 6.54 Å². The molecular weight excluding hydrogens is 368 g/mol. The van der Waals surface area contributed by atoms with Gasteiger partial charge in [-0.3, -0.25) is 4.99 Å². The number of fused-ring (bicyclic) bond motifs is 1. The third-order valence-corrected chi connectivity index (χ3v) is 3.90. The molecule has 0 aliphatic carbocycles. The molecule has 100 valence electrons. The van der Waals surface area contributed by atoms with Crippen molar-refractivity contribution < 1.29 is 4.39 Å². The van der Waals surface area contributed by atoms with Gasteiger partial charge in [-0.2, -0.15) is 0 Å². The van der Waals surface area contributed by atoms with E-state index in [-0.39, 0.29) is 12.4 Å². The second kappa shape index (κ2) is 5.32. The number of amidine groups is 1. The van der Waals surface area contributed by atoms with Gasteiger partial charge in [0.2, 0.25) is 0 Å². The smallest absolute Gasteiger partial charge is 0.132 e. The highest BCUT2D eigenvalue weighted by molar-refractivity contribution is 14.1. The van der Waals surface area contributed by atoms with E-state index in [9.17, 15) is 4.39 Å². The molecule has 1 aliphatic rings. The number of rotatable bonds is 1. The highest BCUT2D eigenvalue weighted by Gasteiger charge is 2.19. The fourth-order valence-corrected chi connectivity index (χ4v) is 2.75. The number of nitrogens with zero attached hydrogens (tertiary/aromatic N) is 2. The number of para-hydroxylation sites is 1. The third-order valence-electron chi connectivity index (χ3n) is 3.03. The van der Waals surface area contributed by atoms with E-state index in [0.717, 1.165) is 14.8 Å². The average Bonchev–Trinajstić information content (AvgIpc) is 2.60. The van der Waals surface area contributed by atoms with Crippen molar-refractivity contribution in [2.24, 2.45) is 15.7 Å². The molecule has 5 heteroatoms. The quantitative estimate of drug-likeness (QED) is 0.760. The van der Waals surface area contributed by atoms with Crippen LogP contribution in [0.25, 0.3) is 0 Å². The summed E-state index contributed by atoms with van der Waals surface area (Å²) < 4.78 is 15.0. The first-order valence-corrected chi connectivity index (χ1v) is 7.16. The first-order valence-electron chi connectivity index (χ1n) is 6.08. The van der Waals surface area contributed by atoms with E-state index in [0.29, 0.717) is 17.1 Å². The van der Waals surface area contributed by atoms with Gasteiger partial charge in [-0.05, 0) is 40.8 Å². The lowest BCUT2D eigenvalue weighted by atomic mass is 10.0. The van der Waals surface area contributed by atoms with Crippen LogP contribution in [0.4, 0.5) is 10.1 Å². The van der Waals surface area contributed by atoms with Crippen molar-refractivity contribution >= 4 is 39.8 Å². The Morgan fingerprint density at radius 2 is 1.80 bits per heavy atom. The fraction of sp³-hybridized carbons (Fsp3) is 0.0667. The monoisotopic (exact) mass is 379 g/mol. The van der Waals surface area contributed by atoms with Crippen LogP contribution in [0.3, 0.4) is 0 Å². The van der Waals surface area contributed by atoms with Gasteiger partial charge in [0.1, 0.15) is 11.7 Å². The second-order valence-corrected chi connectivity index (χ2v) is 5.55. The summed E-state index contributed by atoms with van der Waals surface area (Å²) in [6, 6.07) is 12.4. The van der Waals surface area contributed by atoms with Gasteiger partial charge in [0.15, 0.2) is 0 Å². The minimum atomic E-state index is -0.295. The first-order chi connectivity index (χ1) is 9.66. The molecule has 0 aromatic heterocycles. The van der Waals surface area contributed by atoms with Gasteiger partial charge in [-0.25, -0.2) is 9.38 Å². The fourth-order valence-electron chi connectivity index (χ4n) is 2.13. The summed E-state index contributed by atoms with van der Waals surface area (Å²) in [6.07, 6.45) is 0. The van der Waals surface area contributed by atoms with E-state index in [2.05, 4.69) is 32.6 Å². The van der Waals surface area contributed by atoms with E-state index >= 15 is 0 Å². The molecule has 3 nitrogen and oxygen atoms in total. The van der Waals surface area contributed by atoms with Crippen LogP contribution in [0.2, 0.25) is 0 Å². The van der Waals surface area contributed by atoms with E-state index in [1.165, 1.54) is 6.07 Å². The van der Waals surface area contributed by atoms with Crippen LogP contribution < -0.4 is 5.73 Å². The second-order valence-electron chi connectivity index (χ2n) is 4.38. The molecular formula is C15H11FIN3. The molecule has 0 spiro atoms. The number of hydrogen-bond donors (Lipinski definition) is 1. The number of benzene rings is 2. The zero-order valence-corrected chi connectivity index (χ0v) is 12.6. The zero-order valence-electron chi connectivity index (χ0n) is 10.5. The van der Waals surface area contributed by atoms with Crippen LogP contribution in [0.1, 0.15) is 11.1 Å². The van der Waals surface area contributed by atoms with Gasteiger partial charge in [0.25, 0.3) is 0 Å². The molecule has 0 amide bonds. The summed E-state index contributed by atoms with van der Waals surface area (Å²) in [4.78, 5) is 8.83. The van der Waals surface area contributed by atoms with Crippen molar-refractivity contribution in [3.63, 3.8) is 0 Å². The maximum atomic E-state index is 14.0. The molecule has 0 saturated heterocycles. The molecule has 0 atom stereocenters. The molecule has 0 saturated carbocycles. The maximum Gasteiger partial charge on any atom is 0.132 e. The molecule has 2 aromatic rings. The zero-order chi connectivity index (χ0) is 14.1. The van der Waals surface area contributed by atoms with Gasteiger partial charge in [0, 0.05) is 14.7 Å². The summed E-state index contributed by atoms with van der Waals surface area (Å²) in [5, 5.41) is 0. The van der Waals surface area contributed by atoms with Crippen LogP contribution in [0.5, 0.6) is 0 Å². The van der Waals surface area contributed by atoms with Crippen LogP contribution in [0.15, 0.2) is 52.4 Å². The summed E-state index contributed by atoms with van der Waals surface area (Å²) in [6.45, 7) is 0.272. The van der Waals surface area contributed by atoms with Gasteiger partial charge >= 0.3 is 0 Å². The van der Waals surface area contributed by atoms with E-state index < -0.39 is 0 Å². The number of aliphatic imine (C=N–C) groups is 2. The molecule has 0 radical (unpaired) electrons. The average molecular weight is 379 g/mol. The summed E-state index contributed by atoms with van der Waals surface area (Å²) in [7, 11) is 0. The lowest BCUT2D eigenvalue weighted by Gasteiger charge is -2.10. The number of nitrogens with two attached hydrogens (primary N) is 1. The predicted octanol–water partition coefficient (Wildman–Crippen LogP) is 3.27. The minimum absolute atomic E-state index is 0.272. The lowest BCUT2D eigenvalue weighted by molar-refractivity contribution is 0.625. The van der Waals surface area contributed by atoms with Gasteiger partial charge in [-0.15, -0.1) is 0 Å². The highest BCUT2D eigenvalue weighted by Crippen LogP contribution is 2.30. The van der Waals surface area contributed by atoms with Crippen molar-refractivity contribution in [2.45, 2.75) is 0 Å². The predicted molar refractivity (Wildman–Crippen MR) is 87.3 cm³/mol. The number of halogens is 2.